The molecular formula is C20H18N6O. The summed E-state index contributed by atoms with van der Waals surface area (Å²) in [6.07, 6.45) is 3.38. The molecule has 0 spiro atoms. The molecule has 0 saturated carbocycles. The molecule has 4 aromatic rings. The normalized spacial score (nSPS) is 12.1. The maximum atomic E-state index is 10.7. The van der Waals surface area contributed by atoms with Crippen molar-refractivity contribution in [2.75, 3.05) is 5.32 Å². The minimum atomic E-state index is -0.361. The first kappa shape index (κ1) is 16.8. The third-order valence-corrected chi connectivity index (χ3v) is 4.40. The molecule has 0 saturated heterocycles. The predicted octanol–water partition coefficient (Wildman–Crippen LogP) is 4.69. The molecule has 0 aliphatic rings. The van der Waals surface area contributed by atoms with E-state index in [1.54, 1.807) is 19.3 Å². The number of benzene rings is 2. The minimum absolute atomic E-state index is 0.361. The molecule has 1 unspecified atom stereocenters. The first-order valence-electron chi connectivity index (χ1n) is 8.61. The van der Waals surface area contributed by atoms with Gasteiger partial charge in [-0.2, -0.15) is 4.91 Å². The number of nitrogens with one attached hydrogen (secondary N) is 1. The van der Waals surface area contributed by atoms with Crippen LogP contribution in [0.2, 0.25) is 0 Å². The summed E-state index contributed by atoms with van der Waals surface area (Å²) in [7, 11) is 0. The van der Waals surface area contributed by atoms with Crippen molar-refractivity contribution in [1.29, 1.82) is 0 Å². The molecule has 1 atom stereocenters. The summed E-state index contributed by atoms with van der Waals surface area (Å²) in [5.41, 5.74) is 3.64. The van der Waals surface area contributed by atoms with Crippen LogP contribution in [0.5, 0.6) is 0 Å². The van der Waals surface area contributed by atoms with Gasteiger partial charge in [0.05, 0.1) is 23.4 Å². The zero-order valence-corrected chi connectivity index (χ0v) is 15.0. The van der Waals surface area contributed by atoms with Crippen molar-refractivity contribution in [1.82, 2.24) is 19.5 Å². The first-order chi connectivity index (χ1) is 13.2. The number of hydrogen-bond donors (Lipinski definition) is 1. The number of fused-ring (bicyclic) bond motifs is 1. The van der Waals surface area contributed by atoms with Gasteiger partial charge >= 0.3 is 0 Å². The highest BCUT2D eigenvalue weighted by atomic mass is 16.3. The van der Waals surface area contributed by atoms with Crippen molar-refractivity contribution in [3.63, 3.8) is 0 Å². The van der Waals surface area contributed by atoms with Crippen molar-refractivity contribution < 1.29 is 0 Å². The van der Waals surface area contributed by atoms with Crippen molar-refractivity contribution in [2.45, 2.75) is 19.9 Å². The fourth-order valence-corrected chi connectivity index (χ4v) is 3.01. The van der Waals surface area contributed by atoms with E-state index in [2.05, 4.69) is 25.4 Å². The molecule has 2 aromatic heterocycles. The van der Waals surface area contributed by atoms with E-state index in [9.17, 15) is 4.91 Å². The van der Waals surface area contributed by atoms with Gasteiger partial charge in [0, 0.05) is 5.69 Å². The smallest absolute Gasteiger partial charge is 0.159 e. The lowest BCUT2D eigenvalue weighted by molar-refractivity contribution is 0.812. The standard InChI is InChI=1S/C20H18N6O/c1-13(25-27)15-7-9-16(10-8-15)23-19-11-21-12-20(24-19)26-14(2)22-17-5-3-4-6-18(17)26/h3-13H,1-2H3,(H,23,24). The van der Waals surface area contributed by atoms with Crippen LogP contribution in [0.25, 0.3) is 16.9 Å². The highest BCUT2D eigenvalue weighted by Crippen LogP contribution is 2.23. The lowest BCUT2D eigenvalue weighted by Gasteiger charge is -2.10. The van der Waals surface area contributed by atoms with Gasteiger partial charge in [-0.1, -0.05) is 29.4 Å². The Hall–Kier alpha value is -3.61. The molecule has 4 rings (SSSR count). The summed E-state index contributed by atoms with van der Waals surface area (Å²) in [6.45, 7) is 3.71. The molecular weight excluding hydrogens is 340 g/mol. The molecule has 2 heterocycles. The van der Waals surface area contributed by atoms with Crippen LogP contribution in [0.15, 0.2) is 66.1 Å². The molecule has 0 fully saturated rings. The average molecular weight is 358 g/mol. The van der Waals surface area contributed by atoms with Crippen molar-refractivity contribution in [2.24, 2.45) is 5.18 Å². The molecule has 0 radical (unpaired) electrons. The Morgan fingerprint density at radius 3 is 2.59 bits per heavy atom. The van der Waals surface area contributed by atoms with Gasteiger partial charge in [0.25, 0.3) is 0 Å². The number of nitrogens with zero attached hydrogens (tertiary/aromatic N) is 5. The van der Waals surface area contributed by atoms with Gasteiger partial charge in [-0.05, 0) is 43.7 Å². The maximum absolute atomic E-state index is 10.7. The summed E-state index contributed by atoms with van der Waals surface area (Å²) >= 11 is 0. The molecule has 0 aliphatic heterocycles. The summed E-state index contributed by atoms with van der Waals surface area (Å²) < 4.78 is 1.98. The van der Waals surface area contributed by atoms with Gasteiger partial charge in [-0.15, -0.1) is 0 Å². The quantitative estimate of drug-likeness (QED) is 0.523. The maximum Gasteiger partial charge on any atom is 0.159 e. The second-order valence-electron chi connectivity index (χ2n) is 6.27. The zero-order chi connectivity index (χ0) is 18.8. The molecule has 134 valence electrons. The van der Waals surface area contributed by atoms with Crippen LogP contribution in [0.4, 0.5) is 11.5 Å². The van der Waals surface area contributed by atoms with Crippen LogP contribution in [-0.4, -0.2) is 19.5 Å². The first-order valence-corrected chi connectivity index (χ1v) is 8.61. The Balaban J connectivity index is 1.65. The molecule has 1 N–H and O–H groups in total. The van der Waals surface area contributed by atoms with E-state index in [0.29, 0.717) is 11.6 Å². The lowest BCUT2D eigenvalue weighted by Crippen LogP contribution is -2.03. The topological polar surface area (TPSA) is 85.1 Å². The Morgan fingerprint density at radius 1 is 1.04 bits per heavy atom. The van der Waals surface area contributed by atoms with Gasteiger partial charge in [0.15, 0.2) is 11.6 Å². The van der Waals surface area contributed by atoms with Crippen molar-refractivity contribution >= 4 is 22.5 Å². The van der Waals surface area contributed by atoms with E-state index in [0.717, 1.165) is 28.1 Å². The van der Waals surface area contributed by atoms with Crippen LogP contribution < -0.4 is 5.32 Å². The Labute approximate surface area is 156 Å². The van der Waals surface area contributed by atoms with E-state index in [4.69, 9.17) is 0 Å². The molecule has 0 aliphatic carbocycles. The largest absolute Gasteiger partial charge is 0.339 e. The van der Waals surface area contributed by atoms with E-state index in [1.165, 1.54) is 0 Å². The third-order valence-electron chi connectivity index (χ3n) is 4.40. The summed E-state index contributed by atoms with van der Waals surface area (Å²) in [5, 5.41) is 6.29. The van der Waals surface area contributed by atoms with Crippen LogP contribution in [-0.2, 0) is 0 Å². The molecule has 0 amide bonds. The monoisotopic (exact) mass is 358 g/mol. The fraction of sp³-hybridized carbons (Fsp3) is 0.150. The highest BCUT2D eigenvalue weighted by molar-refractivity contribution is 5.77. The Bertz CT molecular complexity index is 1100. The highest BCUT2D eigenvalue weighted by Gasteiger charge is 2.11. The fourth-order valence-electron chi connectivity index (χ4n) is 3.01. The number of rotatable bonds is 5. The van der Waals surface area contributed by atoms with E-state index >= 15 is 0 Å². The summed E-state index contributed by atoms with van der Waals surface area (Å²) in [5.74, 6) is 2.17. The van der Waals surface area contributed by atoms with Crippen LogP contribution in [0.3, 0.4) is 0 Å². The number of aryl methyl sites for hydroxylation is 1. The minimum Gasteiger partial charge on any atom is -0.339 e. The van der Waals surface area contributed by atoms with E-state index in [1.807, 2.05) is 60.0 Å². The van der Waals surface area contributed by atoms with Gasteiger partial charge in [-0.3, -0.25) is 9.55 Å². The average Bonchev–Trinajstić information content (AvgIpc) is 3.04. The Kier molecular flexibility index (Phi) is 4.33. The predicted molar refractivity (Wildman–Crippen MR) is 105 cm³/mol. The lowest BCUT2D eigenvalue weighted by atomic mass is 10.1. The molecule has 7 heteroatoms. The number of nitroso groups, excluding NO2 is 1. The zero-order valence-electron chi connectivity index (χ0n) is 15.0. The second kappa shape index (κ2) is 6.95. The number of anilines is 2. The van der Waals surface area contributed by atoms with E-state index < -0.39 is 0 Å². The van der Waals surface area contributed by atoms with Crippen LogP contribution in [0.1, 0.15) is 24.4 Å². The van der Waals surface area contributed by atoms with Crippen LogP contribution in [0, 0.1) is 11.8 Å². The summed E-state index contributed by atoms with van der Waals surface area (Å²) in [6, 6.07) is 15.1. The van der Waals surface area contributed by atoms with Gasteiger partial charge < -0.3 is 5.32 Å². The van der Waals surface area contributed by atoms with Gasteiger partial charge in [0.2, 0.25) is 0 Å². The van der Waals surface area contributed by atoms with Crippen molar-refractivity contribution in [3.8, 4) is 5.82 Å². The SMILES string of the molecule is Cc1nc2ccccc2n1-c1cncc(Nc2ccc(C(C)N=O)cc2)n1. The van der Waals surface area contributed by atoms with Gasteiger partial charge in [-0.25, -0.2) is 9.97 Å². The molecule has 7 nitrogen and oxygen atoms in total. The van der Waals surface area contributed by atoms with Gasteiger partial charge in [0.1, 0.15) is 11.9 Å². The molecule has 2 aromatic carbocycles. The van der Waals surface area contributed by atoms with E-state index in [-0.39, 0.29) is 6.04 Å². The molecule has 27 heavy (non-hydrogen) atoms. The van der Waals surface area contributed by atoms with Crippen LogP contribution >= 0.6 is 0 Å². The number of imidazole rings is 1. The summed E-state index contributed by atoms with van der Waals surface area (Å²) in [4.78, 5) is 24.2. The Morgan fingerprint density at radius 2 is 1.81 bits per heavy atom. The molecule has 0 bridgehead atoms. The number of aromatic nitrogens is 4. The third kappa shape index (κ3) is 3.27. The number of hydrogen-bond acceptors (Lipinski definition) is 6. The number of para-hydroxylation sites is 2. The van der Waals surface area contributed by atoms with Crippen molar-refractivity contribution in [3.05, 3.63) is 77.2 Å². The second-order valence-corrected chi connectivity index (χ2v) is 6.27.